The number of hydrogen-bond donors (Lipinski definition) is 2. The largest absolute Gasteiger partial charge is 0.326 e. The Morgan fingerprint density at radius 3 is 2.58 bits per heavy atom. The predicted molar refractivity (Wildman–Crippen MR) is 103 cm³/mol. The number of carbonyl (C=O) groups excluding carboxylic acids is 2. The van der Waals surface area contributed by atoms with E-state index >= 15 is 0 Å². The third kappa shape index (κ3) is 4.31. The van der Waals surface area contributed by atoms with Crippen molar-refractivity contribution in [1.29, 1.82) is 0 Å². The number of carbonyl (C=O) groups is 2. The monoisotopic (exact) mass is 366 g/mol. The second kappa shape index (κ2) is 7.88. The zero-order valence-corrected chi connectivity index (χ0v) is 15.3. The van der Waals surface area contributed by atoms with Crippen molar-refractivity contribution in [2.45, 2.75) is 20.3 Å². The summed E-state index contributed by atoms with van der Waals surface area (Å²) in [5.74, 6) is -0.307. The van der Waals surface area contributed by atoms with E-state index in [0.29, 0.717) is 17.1 Å². The first-order valence-corrected chi connectivity index (χ1v) is 8.93. The summed E-state index contributed by atoms with van der Waals surface area (Å²) >= 11 is 1.48. The van der Waals surface area contributed by atoms with Gasteiger partial charge in [0, 0.05) is 41.6 Å². The quantitative estimate of drug-likeness (QED) is 0.722. The fourth-order valence-electron chi connectivity index (χ4n) is 2.47. The van der Waals surface area contributed by atoms with Gasteiger partial charge in [-0.1, -0.05) is 6.07 Å². The number of benzene rings is 1. The molecule has 0 radical (unpaired) electrons. The van der Waals surface area contributed by atoms with E-state index in [9.17, 15) is 9.59 Å². The van der Waals surface area contributed by atoms with Crippen LogP contribution in [0.2, 0.25) is 0 Å². The molecule has 0 atom stereocenters. The first kappa shape index (κ1) is 17.8. The lowest BCUT2D eigenvalue weighted by atomic mass is 10.1. The standard InChI is InChI=1S/C19H18N4O2S/c1-12-16(21-13(2)24)6-3-7-17(12)23-18(25)9-15-11-26-19(22-15)14-5-4-8-20-10-14/h3-8,10-11H,9H2,1-2H3,(H,21,24)(H,23,25). The van der Waals surface area contributed by atoms with E-state index in [1.54, 1.807) is 30.6 Å². The Labute approximate surface area is 155 Å². The molecule has 0 aliphatic heterocycles. The van der Waals surface area contributed by atoms with E-state index in [2.05, 4.69) is 20.6 Å². The van der Waals surface area contributed by atoms with Gasteiger partial charge in [0.15, 0.2) is 0 Å². The Hall–Kier alpha value is -3.06. The molecular formula is C19H18N4O2S. The van der Waals surface area contributed by atoms with Crippen molar-refractivity contribution in [3.63, 3.8) is 0 Å². The predicted octanol–water partition coefficient (Wildman–Crippen LogP) is 3.65. The molecule has 2 N–H and O–H groups in total. The Morgan fingerprint density at radius 1 is 1.12 bits per heavy atom. The highest BCUT2D eigenvalue weighted by atomic mass is 32.1. The van der Waals surface area contributed by atoms with Crippen molar-refractivity contribution in [1.82, 2.24) is 9.97 Å². The fraction of sp³-hybridized carbons (Fsp3) is 0.158. The molecule has 26 heavy (non-hydrogen) atoms. The van der Waals surface area contributed by atoms with Crippen LogP contribution in [-0.2, 0) is 16.0 Å². The van der Waals surface area contributed by atoms with Crippen LogP contribution in [0.4, 0.5) is 11.4 Å². The molecule has 1 aromatic carbocycles. The number of nitrogens with one attached hydrogen (secondary N) is 2. The van der Waals surface area contributed by atoms with Crippen molar-refractivity contribution < 1.29 is 9.59 Å². The zero-order valence-electron chi connectivity index (χ0n) is 14.4. The molecule has 0 aliphatic rings. The van der Waals surface area contributed by atoms with E-state index in [-0.39, 0.29) is 18.2 Å². The molecule has 0 saturated heterocycles. The normalized spacial score (nSPS) is 10.4. The summed E-state index contributed by atoms with van der Waals surface area (Å²) in [6.07, 6.45) is 3.64. The maximum Gasteiger partial charge on any atom is 0.230 e. The number of hydrogen-bond acceptors (Lipinski definition) is 5. The molecule has 3 rings (SSSR count). The summed E-state index contributed by atoms with van der Waals surface area (Å²) < 4.78 is 0. The Morgan fingerprint density at radius 2 is 1.88 bits per heavy atom. The molecule has 2 heterocycles. The molecule has 2 amide bonds. The van der Waals surface area contributed by atoms with Crippen molar-refractivity contribution in [2.75, 3.05) is 10.6 Å². The van der Waals surface area contributed by atoms with Gasteiger partial charge in [-0.2, -0.15) is 0 Å². The molecule has 0 bridgehead atoms. The summed E-state index contributed by atoms with van der Waals surface area (Å²) in [6, 6.07) is 9.19. The van der Waals surface area contributed by atoms with Gasteiger partial charge in [0.25, 0.3) is 0 Å². The van der Waals surface area contributed by atoms with Crippen LogP contribution < -0.4 is 10.6 Å². The minimum absolute atomic E-state index is 0.151. The van der Waals surface area contributed by atoms with Crippen molar-refractivity contribution >= 4 is 34.5 Å². The van der Waals surface area contributed by atoms with Crippen LogP contribution in [0.3, 0.4) is 0 Å². The van der Waals surface area contributed by atoms with Crippen molar-refractivity contribution in [3.8, 4) is 10.6 Å². The molecular weight excluding hydrogens is 348 g/mol. The summed E-state index contributed by atoms with van der Waals surface area (Å²) in [5.41, 5.74) is 3.81. The lowest BCUT2D eigenvalue weighted by molar-refractivity contribution is -0.116. The summed E-state index contributed by atoms with van der Waals surface area (Å²) in [6.45, 7) is 3.30. The molecule has 0 spiro atoms. The van der Waals surface area contributed by atoms with Gasteiger partial charge in [-0.3, -0.25) is 14.6 Å². The molecule has 0 aliphatic carbocycles. The second-order valence-corrected chi connectivity index (χ2v) is 6.63. The van der Waals surface area contributed by atoms with Gasteiger partial charge in [0.2, 0.25) is 11.8 Å². The number of thiazole rings is 1. The number of amides is 2. The van der Waals surface area contributed by atoms with E-state index in [1.165, 1.54) is 18.3 Å². The first-order valence-electron chi connectivity index (χ1n) is 8.05. The van der Waals surface area contributed by atoms with Gasteiger partial charge in [-0.15, -0.1) is 11.3 Å². The van der Waals surface area contributed by atoms with Crippen molar-refractivity contribution in [2.24, 2.45) is 0 Å². The Balaban J connectivity index is 1.68. The van der Waals surface area contributed by atoms with E-state index in [4.69, 9.17) is 0 Å². The van der Waals surface area contributed by atoms with Crippen LogP contribution in [0.15, 0.2) is 48.1 Å². The first-order chi connectivity index (χ1) is 12.5. The van der Waals surface area contributed by atoms with Crippen LogP contribution in [0, 0.1) is 6.92 Å². The molecule has 132 valence electrons. The maximum absolute atomic E-state index is 12.4. The SMILES string of the molecule is CC(=O)Nc1cccc(NC(=O)Cc2csc(-c3cccnc3)n2)c1C. The average Bonchev–Trinajstić information content (AvgIpc) is 3.07. The lowest BCUT2D eigenvalue weighted by Crippen LogP contribution is -2.16. The molecule has 0 saturated carbocycles. The highest BCUT2D eigenvalue weighted by Crippen LogP contribution is 2.25. The number of pyridine rings is 1. The van der Waals surface area contributed by atoms with Crippen LogP contribution in [0.5, 0.6) is 0 Å². The van der Waals surface area contributed by atoms with E-state index in [1.807, 2.05) is 24.4 Å². The summed E-state index contributed by atoms with van der Waals surface area (Å²) in [4.78, 5) is 32.2. The zero-order chi connectivity index (χ0) is 18.5. The molecule has 6 nitrogen and oxygen atoms in total. The molecule has 2 aromatic heterocycles. The topological polar surface area (TPSA) is 84.0 Å². The van der Waals surface area contributed by atoms with Crippen LogP contribution >= 0.6 is 11.3 Å². The highest BCUT2D eigenvalue weighted by Gasteiger charge is 2.12. The number of aromatic nitrogens is 2. The van der Waals surface area contributed by atoms with Crippen molar-refractivity contribution in [3.05, 3.63) is 59.4 Å². The third-order valence-electron chi connectivity index (χ3n) is 3.72. The second-order valence-electron chi connectivity index (χ2n) is 5.77. The van der Waals surface area contributed by atoms with Crippen LogP contribution in [0.1, 0.15) is 18.2 Å². The van der Waals surface area contributed by atoms with Gasteiger partial charge >= 0.3 is 0 Å². The van der Waals surface area contributed by atoms with Gasteiger partial charge in [0.1, 0.15) is 5.01 Å². The molecule has 7 heteroatoms. The number of nitrogens with zero attached hydrogens (tertiary/aromatic N) is 2. The molecule has 0 fully saturated rings. The summed E-state index contributed by atoms with van der Waals surface area (Å²) in [7, 11) is 0. The van der Waals surface area contributed by atoms with E-state index in [0.717, 1.165) is 16.1 Å². The maximum atomic E-state index is 12.4. The minimum Gasteiger partial charge on any atom is -0.326 e. The van der Waals surface area contributed by atoms with Gasteiger partial charge in [-0.25, -0.2) is 4.98 Å². The van der Waals surface area contributed by atoms with Gasteiger partial charge in [0.05, 0.1) is 12.1 Å². The Bertz CT molecular complexity index is 938. The van der Waals surface area contributed by atoms with Crippen LogP contribution in [0.25, 0.3) is 10.6 Å². The number of anilines is 2. The van der Waals surface area contributed by atoms with E-state index < -0.39 is 0 Å². The number of rotatable bonds is 5. The van der Waals surface area contributed by atoms with Crippen LogP contribution in [-0.4, -0.2) is 21.8 Å². The van der Waals surface area contributed by atoms with Gasteiger partial charge in [-0.05, 0) is 36.8 Å². The molecule has 3 aromatic rings. The smallest absolute Gasteiger partial charge is 0.230 e. The lowest BCUT2D eigenvalue weighted by Gasteiger charge is -2.12. The minimum atomic E-state index is -0.156. The summed E-state index contributed by atoms with van der Waals surface area (Å²) in [5, 5.41) is 8.35. The fourth-order valence-corrected chi connectivity index (χ4v) is 3.28. The average molecular weight is 366 g/mol. The van der Waals surface area contributed by atoms with Gasteiger partial charge < -0.3 is 10.6 Å². The Kier molecular flexibility index (Phi) is 5.38. The molecule has 0 unspecified atom stereocenters. The third-order valence-corrected chi connectivity index (χ3v) is 4.66. The highest BCUT2D eigenvalue weighted by molar-refractivity contribution is 7.13.